The number of anilines is 1. The van der Waals surface area contributed by atoms with Gasteiger partial charge in [0, 0.05) is 22.1 Å². The lowest BCUT2D eigenvalue weighted by Gasteiger charge is -2.21. The number of rotatable bonds is 9. The van der Waals surface area contributed by atoms with Crippen LogP contribution in [0.2, 0.25) is 0 Å². The van der Waals surface area contributed by atoms with Gasteiger partial charge in [0.25, 0.3) is 0 Å². The van der Waals surface area contributed by atoms with Crippen LogP contribution in [0.5, 0.6) is 11.5 Å². The first-order valence-corrected chi connectivity index (χ1v) is 10.7. The molecule has 5 heteroatoms. The van der Waals surface area contributed by atoms with Gasteiger partial charge in [0.15, 0.2) is 17.3 Å². The van der Waals surface area contributed by atoms with Crippen molar-refractivity contribution in [2.75, 3.05) is 19.5 Å². The minimum atomic E-state index is -0.218. The van der Waals surface area contributed by atoms with E-state index in [1.54, 1.807) is 14.2 Å². The van der Waals surface area contributed by atoms with Crippen molar-refractivity contribution < 1.29 is 14.3 Å². The fourth-order valence-corrected chi connectivity index (χ4v) is 3.56. The zero-order chi connectivity index (χ0) is 21.5. The highest BCUT2D eigenvalue weighted by atomic mass is 79.9. The van der Waals surface area contributed by atoms with Gasteiger partial charge in [-0.15, -0.1) is 0 Å². The van der Waals surface area contributed by atoms with Crippen LogP contribution in [0.1, 0.15) is 40.9 Å². The fourth-order valence-electron chi connectivity index (χ4n) is 3.30. The molecule has 0 heterocycles. The zero-order valence-corrected chi connectivity index (χ0v) is 19.0. The average Bonchev–Trinajstić information content (AvgIpc) is 2.79. The van der Waals surface area contributed by atoms with Crippen LogP contribution in [0.25, 0.3) is 0 Å². The Hall–Kier alpha value is -2.79. The maximum absolute atomic E-state index is 13.0. The summed E-state index contributed by atoms with van der Waals surface area (Å²) in [5.74, 6) is 1.38. The van der Waals surface area contributed by atoms with Crippen molar-refractivity contribution in [2.45, 2.75) is 25.8 Å². The molecular weight excluding hydrogens is 442 g/mol. The number of aryl methyl sites for hydroxylation is 1. The topological polar surface area (TPSA) is 47.6 Å². The van der Waals surface area contributed by atoms with Crippen molar-refractivity contribution in [1.82, 2.24) is 0 Å². The Morgan fingerprint density at radius 1 is 0.933 bits per heavy atom. The molecule has 0 spiro atoms. The number of benzene rings is 3. The number of ketones is 1. The van der Waals surface area contributed by atoms with Gasteiger partial charge in [0.05, 0.1) is 20.3 Å². The van der Waals surface area contributed by atoms with Gasteiger partial charge in [-0.3, -0.25) is 4.79 Å². The van der Waals surface area contributed by atoms with E-state index in [0.717, 1.165) is 27.7 Å². The molecule has 3 rings (SSSR count). The molecule has 156 valence electrons. The maximum Gasteiger partial charge on any atom is 0.165 e. The lowest BCUT2D eigenvalue weighted by molar-refractivity contribution is 0.0976. The number of carbonyl (C=O) groups excluding carboxylic acids is 1. The number of ether oxygens (including phenoxy) is 2. The summed E-state index contributed by atoms with van der Waals surface area (Å²) in [5.41, 5.74) is 3.83. The number of nitrogens with one attached hydrogen (secondary N) is 1. The largest absolute Gasteiger partial charge is 0.493 e. The summed E-state index contributed by atoms with van der Waals surface area (Å²) in [7, 11) is 3.22. The lowest BCUT2D eigenvalue weighted by atomic mass is 9.96. The van der Waals surface area contributed by atoms with E-state index >= 15 is 0 Å². The smallest absolute Gasteiger partial charge is 0.165 e. The van der Waals surface area contributed by atoms with Gasteiger partial charge in [-0.25, -0.2) is 0 Å². The number of methoxy groups -OCH3 is 2. The molecule has 4 nitrogen and oxygen atoms in total. The molecular formula is C25H26BrNO3. The number of Topliss-reactive ketones (excluding diaryl/α,β-unsaturated/α-hetero) is 1. The molecule has 0 radical (unpaired) electrons. The van der Waals surface area contributed by atoms with Gasteiger partial charge in [-0.1, -0.05) is 53.2 Å². The monoisotopic (exact) mass is 467 g/mol. The Labute approximate surface area is 186 Å². The Bertz CT molecular complexity index is 984. The SMILES string of the molecule is CCc1ccc(C(=O)CC(Nc2ccc(Br)cc2)c2ccc(OC)c(OC)c2)cc1. The van der Waals surface area contributed by atoms with E-state index in [2.05, 4.69) is 28.2 Å². The van der Waals surface area contributed by atoms with E-state index in [1.807, 2.05) is 66.7 Å². The molecule has 1 atom stereocenters. The normalized spacial score (nSPS) is 11.6. The summed E-state index contributed by atoms with van der Waals surface area (Å²) >= 11 is 3.46. The predicted octanol–water partition coefficient (Wildman–Crippen LogP) is 6.45. The summed E-state index contributed by atoms with van der Waals surface area (Å²) in [6.45, 7) is 2.10. The predicted molar refractivity (Wildman–Crippen MR) is 125 cm³/mol. The van der Waals surface area contributed by atoms with Crippen LogP contribution in [-0.2, 0) is 6.42 Å². The molecule has 0 aromatic heterocycles. The second kappa shape index (κ2) is 10.3. The quantitative estimate of drug-likeness (QED) is 0.367. The van der Waals surface area contributed by atoms with Crippen molar-refractivity contribution >= 4 is 27.4 Å². The second-order valence-electron chi connectivity index (χ2n) is 7.00. The van der Waals surface area contributed by atoms with E-state index < -0.39 is 0 Å². The van der Waals surface area contributed by atoms with E-state index in [9.17, 15) is 4.79 Å². The van der Waals surface area contributed by atoms with E-state index in [0.29, 0.717) is 17.9 Å². The Morgan fingerprint density at radius 2 is 1.60 bits per heavy atom. The molecule has 30 heavy (non-hydrogen) atoms. The second-order valence-corrected chi connectivity index (χ2v) is 7.91. The third kappa shape index (κ3) is 5.42. The van der Waals surface area contributed by atoms with Gasteiger partial charge >= 0.3 is 0 Å². The van der Waals surface area contributed by atoms with Gasteiger partial charge in [0.2, 0.25) is 0 Å². The molecule has 0 aliphatic rings. The molecule has 0 fully saturated rings. The summed E-state index contributed by atoms with van der Waals surface area (Å²) in [6.07, 6.45) is 1.27. The molecule has 3 aromatic rings. The van der Waals surface area contributed by atoms with E-state index in [4.69, 9.17) is 9.47 Å². The highest BCUT2D eigenvalue weighted by Crippen LogP contribution is 2.33. The van der Waals surface area contributed by atoms with Crippen LogP contribution >= 0.6 is 15.9 Å². The zero-order valence-electron chi connectivity index (χ0n) is 17.4. The number of carbonyl (C=O) groups is 1. The minimum absolute atomic E-state index is 0.0852. The molecule has 1 unspecified atom stereocenters. The fraction of sp³-hybridized carbons (Fsp3) is 0.240. The molecule has 0 bridgehead atoms. The van der Waals surface area contributed by atoms with Gasteiger partial charge in [0.1, 0.15) is 0 Å². The van der Waals surface area contributed by atoms with Crippen LogP contribution < -0.4 is 14.8 Å². The molecule has 3 aromatic carbocycles. The molecule has 1 N–H and O–H groups in total. The maximum atomic E-state index is 13.0. The first-order chi connectivity index (χ1) is 14.5. The van der Waals surface area contributed by atoms with Crippen molar-refractivity contribution in [3.05, 3.63) is 87.9 Å². The van der Waals surface area contributed by atoms with Crippen LogP contribution in [0, 0.1) is 0 Å². The first kappa shape index (κ1) is 21.9. The molecule has 0 saturated carbocycles. The first-order valence-electron chi connectivity index (χ1n) is 9.90. The molecule has 0 aliphatic heterocycles. The molecule has 0 amide bonds. The number of halogens is 1. The Morgan fingerprint density at radius 3 is 2.20 bits per heavy atom. The molecule has 0 saturated heterocycles. The highest BCUT2D eigenvalue weighted by Gasteiger charge is 2.19. The number of hydrogen-bond acceptors (Lipinski definition) is 4. The van der Waals surface area contributed by atoms with Crippen LogP contribution in [0.3, 0.4) is 0 Å². The van der Waals surface area contributed by atoms with Crippen molar-refractivity contribution in [2.24, 2.45) is 0 Å². The van der Waals surface area contributed by atoms with E-state index in [1.165, 1.54) is 5.56 Å². The number of hydrogen-bond donors (Lipinski definition) is 1. The summed E-state index contributed by atoms with van der Waals surface area (Å²) in [5, 5.41) is 3.50. The Balaban J connectivity index is 1.90. The van der Waals surface area contributed by atoms with Crippen LogP contribution in [0.15, 0.2) is 71.2 Å². The van der Waals surface area contributed by atoms with Crippen LogP contribution in [-0.4, -0.2) is 20.0 Å². The highest BCUT2D eigenvalue weighted by molar-refractivity contribution is 9.10. The van der Waals surface area contributed by atoms with Crippen molar-refractivity contribution in [1.29, 1.82) is 0 Å². The standard InChI is InChI=1S/C25H26BrNO3/c1-4-17-5-7-18(8-6-17)23(28)16-22(27-21-12-10-20(26)11-13-21)19-9-14-24(29-2)25(15-19)30-3/h5-15,22,27H,4,16H2,1-3H3. The molecule has 0 aliphatic carbocycles. The third-order valence-corrected chi connectivity index (χ3v) is 5.60. The lowest BCUT2D eigenvalue weighted by Crippen LogP contribution is -2.16. The van der Waals surface area contributed by atoms with E-state index in [-0.39, 0.29) is 11.8 Å². The Kier molecular flexibility index (Phi) is 7.52. The van der Waals surface area contributed by atoms with Crippen molar-refractivity contribution in [3.63, 3.8) is 0 Å². The average molecular weight is 468 g/mol. The van der Waals surface area contributed by atoms with Crippen LogP contribution in [0.4, 0.5) is 5.69 Å². The minimum Gasteiger partial charge on any atom is -0.493 e. The van der Waals surface area contributed by atoms with Gasteiger partial charge in [-0.05, 0) is 53.9 Å². The summed E-state index contributed by atoms with van der Waals surface area (Å²) < 4.78 is 11.8. The third-order valence-electron chi connectivity index (χ3n) is 5.07. The van der Waals surface area contributed by atoms with Gasteiger partial charge in [-0.2, -0.15) is 0 Å². The van der Waals surface area contributed by atoms with Crippen molar-refractivity contribution in [3.8, 4) is 11.5 Å². The van der Waals surface area contributed by atoms with Gasteiger partial charge < -0.3 is 14.8 Å². The summed E-state index contributed by atoms with van der Waals surface area (Å²) in [6, 6.07) is 21.3. The summed E-state index contributed by atoms with van der Waals surface area (Å²) in [4.78, 5) is 13.0.